The van der Waals surface area contributed by atoms with Crippen LogP contribution in [0.5, 0.6) is 0 Å². The number of nitrogens with zero attached hydrogens (tertiary/aromatic N) is 1. The summed E-state index contributed by atoms with van der Waals surface area (Å²) in [4.78, 5) is 21.0. The molecule has 1 unspecified atom stereocenters. The Bertz CT molecular complexity index is 211. The molecule has 0 aliphatic rings. The van der Waals surface area contributed by atoms with Crippen LogP contribution in [0.2, 0.25) is 0 Å². The Morgan fingerprint density at radius 1 is 1.67 bits per heavy atom. The Balaban J connectivity index is 4.54. The molecule has 0 rings (SSSR count). The number of carbonyl (C=O) groups is 1. The molecule has 0 saturated heterocycles. The predicted molar refractivity (Wildman–Crippen MR) is 47.3 cm³/mol. The maximum atomic E-state index is 10.7. The minimum Gasteiger partial charge on any atom is -0.369 e. The molecule has 0 aromatic carbocycles. The van der Waals surface area contributed by atoms with Crippen LogP contribution in [0, 0.1) is 10.8 Å². The molecule has 0 spiro atoms. The zero-order valence-corrected chi connectivity index (χ0v) is 6.93. The summed E-state index contributed by atoms with van der Waals surface area (Å²) in [6.07, 6.45) is 4.49. The number of carbonyl (C=O) groups excluding carboxylic acids is 1. The SMILES string of the molecule is C=CC(C(N)=O)[C@H](/C=C\C)N=O. The van der Waals surface area contributed by atoms with E-state index in [-0.39, 0.29) is 0 Å². The van der Waals surface area contributed by atoms with E-state index in [0.717, 1.165) is 0 Å². The Morgan fingerprint density at radius 3 is 2.50 bits per heavy atom. The number of amides is 1. The molecule has 0 aromatic rings. The highest BCUT2D eigenvalue weighted by Crippen LogP contribution is 2.09. The van der Waals surface area contributed by atoms with Gasteiger partial charge in [0.2, 0.25) is 5.91 Å². The van der Waals surface area contributed by atoms with E-state index in [1.54, 1.807) is 13.0 Å². The van der Waals surface area contributed by atoms with Crippen molar-refractivity contribution in [2.75, 3.05) is 0 Å². The average Bonchev–Trinajstić information content (AvgIpc) is 2.03. The summed E-state index contributed by atoms with van der Waals surface area (Å²) >= 11 is 0. The summed E-state index contributed by atoms with van der Waals surface area (Å²) in [5, 5.41) is 2.76. The van der Waals surface area contributed by atoms with Crippen molar-refractivity contribution in [3.63, 3.8) is 0 Å². The van der Waals surface area contributed by atoms with Crippen molar-refractivity contribution in [3.05, 3.63) is 29.7 Å². The van der Waals surface area contributed by atoms with Crippen molar-refractivity contribution in [1.82, 2.24) is 0 Å². The van der Waals surface area contributed by atoms with E-state index in [9.17, 15) is 9.70 Å². The van der Waals surface area contributed by atoms with Crippen LogP contribution in [-0.4, -0.2) is 11.9 Å². The second-order valence-corrected chi connectivity index (χ2v) is 2.29. The number of hydrogen-bond donors (Lipinski definition) is 1. The Morgan fingerprint density at radius 2 is 2.25 bits per heavy atom. The van der Waals surface area contributed by atoms with Crippen molar-refractivity contribution in [2.24, 2.45) is 16.8 Å². The second kappa shape index (κ2) is 5.23. The Hall–Kier alpha value is -1.45. The summed E-state index contributed by atoms with van der Waals surface area (Å²) in [7, 11) is 0. The maximum Gasteiger partial charge on any atom is 0.226 e. The minimum absolute atomic E-state index is 0.590. The van der Waals surface area contributed by atoms with E-state index in [1.807, 2.05) is 0 Å². The van der Waals surface area contributed by atoms with Crippen molar-refractivity contribution < 1.29 is 4.79 Å². The third kappa shape index (κ3) is 2.65. The van der Waals surface area contributed by atoms with Crippen LogP contribution in [0.4, 0.5) is 0 Å². The van der Waals surface area contributed by atoms with Gasteiger partial charge in [-0.25, -0.2) is 0 Å². The van der Waals surface area contributed by atoms with Crippen LogP contribution in [0.15, 0.2) is 30.0 Å². The van der Waals surface area contributed by atoms with E-state index >= 15 is 0 Å². The minimum atomic E-state index is -0.731. The first kappa shape index (κ1) is 10.6. The summed E-state index contributed by atoms with van der Waals surface area (Å²) in [5.74, 6) is -1.30. The monoisotopic (exact) mass is 168 g/mol. The molecule has 0 bridgehead atoms. The third-order valence-electron chi connectivity index (χ3n) is 1.46. The molecular weight excluding hydrogens is 156 g/mol. The van der Waals surface area contributed by atoms with Gasteiger partial charge in [-0.3, -0.25) is 4.79 Å². The highest BCUT2D eigenvalue weighted by Gasteiger charge is 2.21. The molecule has 2 atom stereocenters. The molecule has 2 N–H and O–H groups in total. The molecule has 0 aliphatic carbocycles. The average molecular weight is 168 g/mol. The quantitative estimate of drug-likeness (QED) is 0.491. The van der Waals surface area contributed by atoms with E-state index in [2.05, 4.69) is 11.8 Å². The van der Waals surface area contributed by atoms with Crippen molar-refractivity contribution >= 4 is 5.91 Å². The molecule has 1 amide bonds. The molecule has 0 saturated carbocycles. The van der Waals surface area contributed by atoms with Crippen LogP contribution < -0.4 is 5.73 Å². The fraction of sp³-hybridized carbons (Fsp3) is 0.375. The molecule has 4 heteroatoms. The zero-order valence-electron chi connectivity index (χ0n) is 6.93. The first-order valence-corrected chi connectivity index (χ1v) is 3.54. The summed E-state index contributed by atoms with van der Waals surface area (Å²) < 4.78 is 0. The lowest BCUT2D eigenvalue weighted by atomic mass is 10.00. The molecule has 12 heavy (non-hydrogen) atoms. The van der Waals surface area contributed by atoms with Gasteiger partial charge in [0.25, 0.3) is 0 Å². The summed E-state index contributed by atoms with van der Waals surface area (Å²) in [6.45, 7) is 5.14. The van der Waals surface area contributed by atoms with Crippen LogP contribution in [-0.2, 0) is 4.79 Å². The van der Waals surface area contributed by atoms with E-state index in [4.69, 9.17) is 5.73 Å². The summed E-state index contributed by atoms with van der Waals surface area (Å²) in [5.41, 5.74) is 5.01. The lowest BCUT2D eigenvalue weighted by molar-refractivity contribution is -0.120. The lowest BCUT2D eigenvalue weighted by Gasteiger charge is -2.09. The number of primary amides is 1. The normalized spacial score (nSPS) is 15.4. The van der Waals surface area contributed by atoms with Gasteiger partial charge in [0.1, 0.15) is 6.04 Å². The smallest absolute Gasteiger partial charge is 0.226 e. The summed E-state index contributed by atoms with van der Waals surface area (Å²) in [6, 6.07) is -0.731. The van der Waals surface area contributed by atoms with Crippen LogP contribution in [0.25, 0.3) is 0 Å². The van der Waals surface area contributed by atoms with E-state index in [1.165, 1.54) is 12.2 Å². The topological polar surface area (TPSA) is 72.5 Å². The second-order valence-electron chi connectivity index (χ2n) is 2.29. The number of hydrogen-bond acceptors (Lipinski definition) is 3. The van der Waals surface area contributed by atoms with Crippen molar-refractivity contribution in [2.45, 2.75) is 13.0 Å². The van der Waals surface area contributed by atoms with Gasteiger partial charge in [-0.2, -0.15) is 4.91 Å². The van der Waals surface area contributed by atoms with Gasteiger partial charge in [0, 0.05) is 0 Å². The van der Waals surface area contributed by atoms with Crippen LogP contribution in [0.3, 0.4) is 0 Å². The first-order chi connectivity index (χ1) is 5.67. The zero-order chi connectivity index (χ0) is 9.56. The molecule has 0 aromatic heterocycles. The molecule has 0 aliphatic heterocycles. The molecule has 0 heterocycles. The van der Waals surface area contributed by atoms with Crippen LogP contribution in [0.1, 0.15) is 6.92 Å². The molecule has 66 valence electrons. The highest BCUT2D eigenvalue weighted by atomic mass is 16.3. The van der Waals surface area contributed by atoms with Gasteiger partial charge < -0.3 is 5.73 Å². The fourth-order valence-electron chi connectivity index (χ4n) is 0.841. The van der Waals surface area contributed by atoms with E-state index < -0.39 is 17.9 Å². The van der Waals surface area contributed by atoms with Gasteiger partial charge >= 0.3 is 0 Å². The number of rotatable bonds is 5. The fourth-order valence-corrected chi connectivity index (χ4v) is 0.841. The van der Waals surface area contributed by atoms with Gasteiger partial charge in [0.05, 0.1) is 5.92 Å². The third-order valence-corrected chi connectivity index (χ3v) is 1.46. The largest absolute Gasteiger partial charge is 0.369 e. The van der Waals surface area contributed by atoms with Gasteiger partial charge in [-0.15, -0.1) is 6.58 Å². The predicted octanol–water partition coefficient (Wildman–Crippen LogP) is 0.985. The van der Waals surface area contributed by atoms with Crippen molar-refractivity contribution in [3.8, 4) is 0 Å². The maximum absolute atomic E-state index is 10.7. The molecule has 0 fully saturated rings. The van der Waals surface area contributed by atoms with Crippen LogP contribution >= 0.6 is 0 Å². The van der Waals surface area contributed by atoms with Crippen molar-refractivity contribution in [1.29, 1.82) is 0 Å². The van der Waals surface area contributed by atoms with E-state index in [0.29, 0.717) is 0 Å². The Kier molecular flexibility index (Phi) is 4.60. The number of nitrogens with two attached hydrogens (primary N) is 1. The van der Waals surface area contributed by atoms with Gasteiger partial charge in [-0.1, -0.05) is 23.4 Å². The standard InChI is InChI=1S/C8H12N2O2/c1-3-5-7(10-12)6(4-2)8(9)11/h3-7H,2H2,1H3,(H2,9,11)/b5-3-/t6?,7-/m0/s1. The molecule has 0 radical (unpaired) electrons. The first-order valence-electron chi connectivity index (χ1n) is 3.54. The van der Waals surface area contributed by atoms with Gasteiger partial charge in [-0.05, 0) is 6.92 Å². The number of allylic oxidation sites excluding steroid dienone is 1. The Labute approximate surface area is 71.1 Å². The lowest BCUT2D eigenvalue weighted by Crippen LogP contribution is -2.29. The van der Waals surface area contributed by atoms with Gasteiger partial charge in [0.15, 0.2) is 0 Å². The molecular formula is C8H12N2O2. The molecule has 4 nitrogen and oxygen atoms in total. The highest BCUT2D eigenvalue weighted by molar-refractivity contribution is 5.79. The number of nitroso groups, excluding NO2 is 1.